The number of aromatic nitrogens is 7. The monoisotopic (exact) mass is 601 g/mol. The van der Waals surface area contributed by atoms with Gasteiger partial charge in [-0.2, -0.15) is 9.61 Å². The van der Waals surface area contributed by atoms with Crippen LogP contribution in [0.4, 0.5) is 10.2 Å². The molecule has 0 aliphatic carbocycles. The number of sulfone groups is 1. The normalized spacial score (nSPS) is 20.2. The van der Waals surface area contributed by atoms with Crippen LogP contribution in [0.1, 0.15) is 53.7 Å². The number of nitrogens with one attached hydrogen (secondary N) is 1. The fourth-order valence-corrected chi connectivity index (χ4v) is 7.58. The van der Waals surface area contributed by atoms with Crippen LogP contribution in [0.3, 0.4) is 0 Å². The van der Waals surface area contributed by atoms with E-state index in [1.54, 1.807) is 31.5 Å². The van der Waals surface area contributed by atoms with Crippen molar-refractivity contribution < 1.29 is 17.6 Å². The number of nitrogens with two attached hydrogens (primary N) is 1. The number of anilines is 1. The molecule has 3 atom stereocenters. The predicted octanol–water partition coefficient (Wildman–Crippen LogP) is 3.56. The molecule has 12 nitrogen and oxygen atoms in total. The summed E-state index contributed by atoms with van der Waals surface area (Å²) in [6.07, 6.45) is 7.07. The summed E-state index contributed by atoms with van der Waals surface area (Å²) >= 11 is 0. The van der Waals surface area contributed by atoms with Gasteiger partial charge in [-0.25, -0.2) is 17.8 Å². The number of H-pyrrole nitrogens is 1. The lowest BCUT2D eigenvalue weighted by Crippen LogP contribution is -2.46. The Labute approximate surface area is 246 Å². The summed E-state index contributed by atoms with van der Waals surface area (Å²) in [5.74, 6) is -0.00334. The molecule has 2 saturated heterocycles. The maximum Gasteiger partial charge on any atom is 0.292 e. The van der Waals surface area contributed by atoms with E-state index in [0.29, 0.717) is 46.8 Å². The smallest absolute Gasteiger partial charge is 0.292 e. The molecule has 4 aromatic heterocycles. The van der Waals surface area contributed by atoms with Gasteiger partial charge < -0.3 is 15.6 Å². The molecule has 0 spiro atoms. The van der Waals surface area contributed by atoms with Gasteiger partial charge in [0.05, 0.1) is 17.6 Å². The first-order valence-corrected chi connectivity index (χ1v) is 15.8. The number of hydrogen-bond acceptors (Lipinski definition) is 9. The number of halogens is 1. The summed E-state index contributed by atoms with van der Waals surface area (Å²) in [7, 11) is -3.78. The minimum absolute atomic E-state index is 0.00682. The highest BCUT2D eigenvalue weighted by Crippen LogP contribution is 2.45. The van der Waals surface area contributed by atoms with Crippen molar-refractivity contribution in [2.45, 2.75) is 55.5 Å². The zero-order valence-electron chi connectivity index (χ0n) is 23.4. The van der Waals surface area contributed by atoms with E-state index in [2.05, 4.69) is 25.3 Å². The molecule has 1 aromatic carbocycles. The largest absolute Gasteiger partial charge is 0.382 e. The van der Waals surface area contributed by atoms with Gasteiger partial charge in [0.2, 0.25) is 5.82 Å². The number of carbonyl (C=O) groups is 1. The van der Waals surface area contributed by atoms with Crippen molar-refractivity contribution in [3.63, 3.8) is 0 Å². The summed E-state index contributed by atoms with van der Waals surface area (Å²) < 4.78 is 40.9. The summed E-state index contributed by atoms with van der Waals surface area (Å²) in [5, 5.41) is 12.3. The van der Waals surface area contributed by atoms with Gasteiger partial charge in [-0.3, -0.25) is 9.78 Å². The number of carbonyl (C=O) groups excluding carboxylic acids is 1. The number of aromatic amines is 1. The third-order valence-electron chi connectivity index (χ3n) is 8.41. The number of benzene rings is 1. The Balaban J connectivity index is 1.27. The maximum atomic E-state index is 13.4. The number of nitrogen functional groups attached to an aromatic ring is 1. The minimum atomic E-state index is -3.78. The first-order chi connectivity index (χ1) is 20.6. The summed E-state index contributed by atoms with van der Waals surface area (Å²) in [6.45, 7) is 1.74. The maximum absolute atomic E-state index is 13.4. The number of piperidine rings is 1. The zero-order chi connectivity index (χ0) is 30.0. The van der Waals surface area contributed by atoms with Gasteiger partial charge in [0.15, 0.2) is 15.5 Å². The van der Waals surface area contributed by atoms with E-state index in [1.807, 2.05) is 17.0 Å². The average molecular weight is 602 g/mol. The van der Waals surface area contributed by atoms with E-state index >= 15 is 0 Å². The SMILES string of the molecule is Cc1nnc(C(=O)N2[C@@H]3CC[C@H]2C[C@@H](c2nc4c(-c5ccc(-c6ccc(F)cc6)nc5)cnn4c(N)c2S(C)(=O)=O)C3)[nH]1. The Morgan fingerprint density at radius 1 is 1.02 bits per heavy atom. The number of amides is 1. The van der Waals surface area contributed by atoms with Crippen LogP contribution in [0.25, 0.3) is 28.0 Å². The molecule has 2 bridgehead atoms. The number of aryl methyl sites for hydroxylation is 1. The van der Waals surface area contributed by atoms with Gasteiger partial charge >= 0.3 is 0 Å². The highest BCUT2D eigenvalue weighted by Gasteiger charge is 2.46. The third-order valence-corrected chi connectivity index (χ3v) is 9.56. The van der Waals surface area contributed by atoms with Crippen molar-refractivity contribution in [1.29, 1.82) is 0 Å². The molecule has 7 rings (SSSR count). The summed E-state index contributed by atoms with van der Waals surface area (Å²) in [6, 6.07) is 9.57. The van der Waals surface area contributed by atoms with E-state index in [1.165, 1.54) is 16.6 Å². The predicted molar refractivity (Wildman–Crippen MR) is 155 cm³/mol. The number of nitrogens with zero attached hydrogens (tertiary/aromatic N) is 7. The van der Waals surface area contributed by atoms with E-state index in [4.69, 9.17) is 10.7 Å². The van der Waals surface area contributed by atoms with Gasteiger partial charge in [0.25, 0.3) is 5.91 Å². The van der Waals surface area contributed by atoms with E-state index in [-0.39, 0.29) is 46.3 Å². The summed E-state index contributed by atoms with van der Waals surface area (Å²) in [5.41, 5.74) is 10.1. The lowest BCUT2D eigenvalue weighted by atomic mass is 9.87. The van der Waals surface area contributed by atoms with Gasteiger partial charge in [0, 0.05) is 47.1 Å². The third kappa shape index (κ3) is 4.61. The summed E-state index contributed by atoms with van der Waals surface area (Å²) in [4.78, 5) is 27.5. The first-order valence-electron chi connectivity index (χ1n) is 13.9. The highest BCUT2D eigenvalue weighted by molar-refractivity contribution is 7.91. The van der Waals surface area contributed by atoms with Crippen molar-refractivity contribution in [3.05, 3.63) is 72.0 Å². The molecular weight excluding hydrogens is 573 g/mol. The van der Waals surface area contributed by atoms with Gasteiger partial charge in [-0.05, 0) is 62.9 Å². The Hall–Kier alpha value is -4.72. The van der Waals surface area contributed by atoms with E-state index in [9.17, 15) is 17.6 Å². The molecule has 1 amide bonds. The van der Waals surface area contributed by atoms with Crippen molar-refractivity contribution in [2.24, 2.45) is 0 Å². The Kier molecular flexibility index (Phi) is 6.27. The van der Waals surface area contributed by atoms with Crippen LogP contribution in [0, 0.1) is 12.7 Å². The molecule has 14 heteroatoms. The lowest BCUT2D eigenvalue weighted by molar-refractivity contribution is 0.0556. The van der Waals surface area contributed by atoms with Crippen molar-refractivity contribution in [1.82, 2.24) is 39.7 Å². The number of pyridine rings is 1. The van der Waals surface area contributed by atoms with Crippen LogP contribution in [-0.2, 0) is 9.84 Å². The minimum Gasteiger partial charge on any atom is -0.382 e. The zero-order valence-corrected chi connectivity index (χ0v) is 24.2. The Morgan fingerprint density at radius 3 is 2.33 bits per heavy atom. The fraction of sp³-hybridized carbons (Fsp3) is 0.310. The molecule has 43 heavy (non-hydrogen) atoms. The molecule has 5 aromatic rings. The number of rotatable bonds is 5. The van der Waals surface area contributed by atoms with Gasteiger partial charge in [-0.1, -0.05) is 6.07 Å². The number of fused-ring (bicyclic) bond motifs is 3. The molecule has 0 radical (unpaired) electrons. The first kappa shape index (κ1) is 27.1. The second-order valence-corrected chi connectivity index (χ2v) is 13.2. The second-order valence-electron chi connectivity index (χ2n) is 11.2. The standard InChI is InChI=1S/C29H28FN9O3S/c1-15-34-27(37-36-15)29(40)38-20-8-9-21(38)12-18(11-20)24-25(43(2,41)42)26(31)39-28(35-24)22(14-33-39)17-5-10-23(32-13-17)16-3-6-19(30)7-4-16/h3-7,10,13-14,18,20-21H,8-9,11-12,31H2,1-2H3,(H,34,36,37)/t18-,20+,21-. The molecule has 220 valence electrons. The van der Waals surface area contributed by atoms with Crippen LogP contribution in [0.15, 0.2) is 53.7 Å². The molecule has 2 aliphatic rings. The number of hydrogen-bond donors (Lipinski definition) is 2. The molecule has 6 heterocycles. The second kappa shape index (κ2) is 9.93. The van der Waals surface area contributed by atoms with Crippen LogP contribution < -0.4 is 5.73 Å². The van der Waals surface area contributed by atoms with E-state index in [0.717, 1.165) is 24.7 Å². The van der Waals surface area contributed by atoms with Gasteiger partial charge in [0.1, 0.15) is 22.4 Å². The molecule has 0 saturated carbocycles. The molecule has 2 fully saturated rings. The van der Waals surface area contributed by atoms with E-state index < -0.39 is 9.84 Å². The topological polar surface area (TPSA) is 165 Å². The molecule has 0 unspecified atom stereocenters. The van der Waals surface area contributed by atoms with Crippen LogP contribution in [0.2, 0.25) is 0 Å². The fourth-order valence-electron chi connectivity index (χ4n) is 6.52. The van der Waals surface area contributed by atoms with Crippen molar-refractivity contribution in [2.75, 3.05) is 12.0 Å². The molecule has 3 N–H and O–H groups in total. The Bertz CT molecular complexity index is 1970. The van der Waals surface area contributed by atoms with Crippen LogP contribution >= 0.6 is 0 Å². The van der Waals surface area contributed by atoms with Crippen LogP contribution in [-0.4, -0.2) is 72.3 Å². The Morgan fingerprint density at radius 2 is 1.72 bits per heavy atom. The average Bonchev–Trinajstić information content (AvgIpc) is 3.68. The molecular formula is C29H28FN9O3S. The van der Waals surface area contributed by atoms with Crippen molar-refractivity contribution >= 4 is 27.2 Å². The molecule has 2 aliphatic heterocycles. The van der Waals surface area contributed by atoms with Gasteiger partial charge in [-0.15, -0.1) is 10.2 Å². The lowest BCUT2D eigenvalue weighted by Gasteiger charge is -2.38. The highest BCUT2D eigenvalue weighted by atomic mass is 32.2. The quantitative estimate of drug-likeness (QED) is 0.306. The van der Waals surface area contributed by atoms with Crippen molar-refractivity contribution in [3.8, 4) is 22.4 Å². The van der Waals surface area contributed by atoms with Crippen LogP contribution in [0.5, 0.6) is 0 Å².